The first-order chi connectivity index (χ1) is 10.7. The van der Waals surface area contributed by atoms with Crippen LogP contribution in [-0.2, 0) is 6.54 Å². The number of nitrogens with zero attached hydrogens (tertiary/aromatic N) is 1. The van der Waals surface area contributed by atoms with Gasteiger partial charge in [-0.1, -0.05) is 12.8 Å². The number of rotatable bonds is 5. The lowest BCUT2D eigenvalue weighted by atomic mass is 10.2. The van der Waals surface area contributed by atoms with Crippen LogP contribution in [0.5, 0.6) is 5.75 Å². The van der Waals surface area contributed by atoms with Crippen molar-refractivity contribution in [3.8, 4) is 11.4 Å². The number of benzene rings is 1. The number of methoxy groups -OCH3 is 1. The molecule has 0 spiro atoms. The van der Waals surface area contributed by atoms with Crippen LogP contribution in [0.25, 0.3) is 5.69 Å². The zero-order chi connectivity index (χ0) is 15.5. The zero-order valence-electron chi connectivity index (χ0n) is 13.9. The molecule has 0 radical (unpaired) electrons. The largest absolute Gasteiger partial charge is 0.497 e. The SMILES string of the molecule is COc1ccc(-n2c(C)cc(CNC3CCCC3)c2C)cc1. The van der Waals surface area contributed by atoms with Gasteiger partial charge in [-0.15, -0.1) is 0 Å². The lowest BCUT2D eigenvalue weighted by molar-refractivity contribution is 0.414. The van der Waals surface area contributed by atoms with E-state index in [1.807, 2.05) is 12.1 Å². The normalized spacial score (nSPS) is 15.4. The van der Waals surface area contributed by atoms with Crippen LogP contribution >= 0.6 is 0 Å². The Bertz CT molecular complexity index is 622. The Hall–Kier alpha value is -1.74. The van der Waals surface area contributed by atoms with Gasteiger partial charge in [0.05, 0.1) is 7.11 Å². The van der Waals surface area contributed by atoms with Gasteiger partial charge in [-0.25, -0.2) is 0 Å². The molecule has 1 heterocycles. The van der Waals surface area contributed by atoms with E-state index in [1.165, 1.54) is 48.3 Å². The van der Waals surface area contributed by atoms with Crippen molar-refractivity contribution in [1.29, 1.82) is 0 Å². The minimum Gasteiger partial charge on any atom is -0.497 e. The van der Waals surface area contributed by atoms with Crippen molar-refractivity contribution in [3.05, 3.63) is 47.3 Å². The van der Waals surface area contributed by atoms with Crippen molar-refractivity contribution in [1.82, 2.24) is 9.88 Å². The van der Waals surface area contributed by atoms with E-state index in [9.17, 15) is 0 Å². The molecule has 0 atom stereocenters. The maximum absolute atomic E-state index is 5.25. The first kappa shape index (κ1) is 15.2. The minimum atomic E-state index is 0.712. The fourth-order valence-electron chi connectivity index (χ4n) is 3.52. The topological polar surface area (TPSA) is 26.2 Å². The highest BCUT2D eigenvalue weighted by molar-refractivity contribution is 5.43. The summed E-state index contributed by atoms with van der Waals surface area (Å²) in [5.41, 5.74) is 5.21. The molecule has 1 aliphatic rings. The number of nitrogens with one attached hydrogen (secondary N) is 1. The van der Waals surface area contributed by atoms with E-state index < -0.39 is 0 Å². The highest BCUT2D eigenvalue weighted by atomic mass is 16.5. The molecule has 0 amide bonds. The molecule has 1 N–H and O–H groups in total. The Morgan fingerprint density at radius 1 is 1.14 bits per heavy atom. The highest BCUT2D eigenvalue weighted by Crippen LogP contribution is 2.24. The van der Waals surface area contributed by atoms with Crippen LogP contribution in [0, 0.1) is 13.8 Å². The van der Waals surface area contributed by atoms with E-state index in [-0.39, 0.29) is 0 Å². The Balaban J connectivity index is 1.79. The van der Waals surface area contributed by atoms with Gasteiger partial charge in [0, 0.05) is 29.7 Å². The third kappa shape index (κ3) is 3.05. The Kier molecular flexibility index (Phi) is 4.53. The predicted molar refractivity (Wildman–Crippen MR) is 90.9 cm³/mol. The van der Waals surface area contributed by atoms with Crippen molar-refractivity contribution in [2.24, 2.45) is 0 Å². The molecule has 0 unspecified atom stereocenters. The van der Waals surface area contributed by atoms with Gasteiger partial charge in [0.1, 0.15) is 5.75 Å². The second-order valence-electron chi connectivity index (χ2n) is 6.29. The van der Waals surface area contributed by atoms with E-state index in [4.69, 9.17) is 4.74 Å². The molecule has 0 bridgehead atoms. The van der Waals surface area contributed by atoms with E-state index in [0.717, 1.165) is 12.3 Å². The Morgan fingerprint density at radius 2 is 1.82 bits per heavy atom. The van der Waals surface area contributed by atoms with Crippen LogP contribution in [-0.4, -0.2) is 17.7 Å². The van der Waals surface area contributed by atoms with E-state index in [0.29, 0.717) is 6.04 Å². The van der Waals surface area contributed by atoms with Crippen LogP contribution in [0.3, 0.4) is 0 Å². The summed E-state index contributed by atoms with van der Waals surface area (Å²) in [6, 6.07) is 11.3. The summed E-state index contributed by atoms with van der Waals surface area (Å²) in [5, 5.41) is 3.72. The summed E-state index contributed by atoms with van der Waals surface area (Å²) in [4.78, 5) is 0. The van der Waals surface area contributed by atoms with Gasteiger partial charge >= 0.3 is 0 Å². The number of ether oxygens (including phenoxy) is 1. The van der Waals surface area contributed by atoms with Gasteiger partial charge in [0.15, 0.2) is 0 Å². The molecular weight excluding hydrogens is 272 g/mol. The van der Waals surface area contributed by atoms with Crippen LogP contribution in [0.1, 0.15) is 42.6 Å². The van der Waals surface area contributed by atoms with Gasteiger partial charge in [-0.05, 0) is 62.6 Å². The van der Waals surface area contributed by atoms with Crippen LogP contribution in [0.4, 0.5) is 0 Å². The van der Waals surface area contributed by atoms with Gasteiger partial charge in [0.2, 0.25) is 0 Å². The van der Waals surface area contributed by atoms with Gasteiger partial charge in [-0.2, -0.15) is 0 Å². The van der Waals surface area contributed by atoms with Gasteiger partial charge in [-0.3, -0.25) is 0 Å². The molecule has 2 aromatic rings. The van der Waals surface area contributed by atoms with Crippen molar-refractivity contribution in [3.63, 3.8) is 0 Å². The standard InChI is InChI=1S/C19H26N2O/c1-14-12-16(13-20-17-6-4-5-7-17)15(2)21(14)18-8-10-19(22-3)11-9-18/h8-12,17,20H,4-7,13H2,1-3H3. The van der Waals surface area contributed by atoms with E-state index in [1.54, 1.807) is 7.11 Å². The summed E-state index contributed by atoms with van der Waals surface area (Å²) in [6.45, 7) is 5.36. The smallest absolute Gasteiger partial charge is 0.119 e. The van der Waals surface area contributed by atoms with E-state index in [2.05, 4.69) is 41.9 Å². The van der Waals surface area contributed by atoms with Crippen molar-refractivity contribution in [2.45, 2.75) is 52.1 Å². The monoisotopic (exact) mass is 298 g/mol. The Labute approximate surface area is 133 Å². The van der Waals surface area contributed by atoms with Crippen LogP contribution in [0.15, 0.2) is 30.3 Å². The average molecular weight is 298 g/mol. The molecule has 1 aromatic carbocycles. The second-order valence-corrected chi connectivity index (χ2v) is 6.29. The summed E-state index contributed by atoms with van der Waals surface area (Å²) in [5.74, 6) is 0.898. The molecule has 118 valence electrons. The third-order valence-corrected chi connectivity index (χ3v) is 4.80. The highest BCUT2D eigenvalue weighted by Gasteiger charge is 2.16. The molecule has 1 fully saturated rings. The molecule has 3 rings (SSSR count). The number of hydrogen-bond acceptors (Lipinski definition) is 2. The number of hydrogen-bond donors (Lipinski definition) is 1. The maximum Gasteiger partial charge on any atom is 0.119 e. The second kappa shape index (κ2) is 6.57. The third-order valence-electron chi connectivity index (χ3n) is 4.80. The predicted octanol–water partition coefficient (Wildman–Crippen LogP) is 4.13. The zero-order valence-corrected chi connectivity index (χ0v) is 13.9. The first-order valence-electron chi connectivity index (χ1n) is 8.24. The molecule has 1 aliphatic carbocycles. The van der Waals surface area contributed by atoms with Crippen molar-refractivity contribution in [2.75, 3.05) is 7.11 Å². The molecule has 1 aromatic heterocycles. The van der Waals surface area contributed by atoms with Gasteiger partial charge in [0.25, 0.3) is 0 Å². The molecule has 0 saturated heterocycles. The summed E-state index contributed by atoms with van der Waals surface area (Å²) in [7, 11) is 1.70. The molecular formula is C19H26N2O. The summed E-state index contributed by atoms with van der Waals surface area (Å²) in [6.07, 6.45) is 5.42. The molecule has 0 aliphatic heterocycles. The number of aryl methyl sites for hydroxylation is 1. The maximum atomic E-state index is 5.25. The summed E-state index contributed by atoms with van der Waals surface area (Å²) >= 11 is 0. The van der Waals surface area contributed by atoms with Crippen LogP contribution < -0.4 is 10.1 Å². The quantitative estimate of drug-likeness (QED) is 0.898. The minimum absolute atomic E-state index is 0.712. The molecule has 3 heteroatoms. The van der Waals surface area contributed by atoms with Gasteiger partial charge < -0.3 is 14.6 Å². The van der Waals surface area contributed by atoms with Crippen molar-refractivity contribution < 1.29 is 4.74 Å². The fraction of sp³-hybridized carbons (Fsp3) is 0.474. The number of aromatic nitrogens is 1. The molecule has 1 saturated carbocycles. The lowest BCUT2D eigenvalue weighted by Crippen LogP contribution is -2.25. The van der Waals surface area contributed by atoms with Crippen LogP contribution in [0.2, 0.25) is 0 Å². The molecule has 3 nitrogen and oxygen atoms in total. The fourth-order valence-corrected chi connectivity index (χ4v) is 3.52. The lowest BCUT2D eigenvalue weighted by Gasteiger charge is -2.13. The molecule has 22 heavy (non-hydrogen) atoms. The first-order valence-corrected chi connectivity index (χ1v) is 8.24. The average Bonchev–Trinajstić information content (AvgIpc) is 3.14. The Morgan fingerprint density at radius 3 is 2.45 bits per heavy atom. The van der Waals surface area contributed by atoms with E-state index >= 15 is 0 Å². The summed E-state index contributed by atoms with van der Waals surface area (Å²) < 4.78 is 7.57. The van der Waals surface area contributed by atoms with Crippen molar-refractivity contribution >= 4 is 0 Å².